The topological polar surface area (TPSA) is 63.7 Å². The van der Waals surface area contributed by atoms with Crippen LogP contribution in [0.25, 0.3) is 11.2 Å². The molecule has 0 unspecified atom stereocenters. The van der Waals surface area contributed by atoms with Gasteiger partial charge in [0.2, 0.25) is 11.2 Å². The van der Waals surface area contributed by atoms with E-state index in [4.69, 9.17) is 16.3 Å². The quantitative estimate of drug-likeness (QED) is 0.730. The number of nitrogens with zero attached hydrogens (tertiary/aromatic N) is 3. The summed E-state index contributed by atoms with van der Waals surface area (Å²) in [6.45, 7) is 0. The molecule has 0 bridgehead atoms. The van der Waals surface area contributed by atoms with Gasteiger partial charge >= 0.3 is 6.18 Å². The van der Waals surface area contributed by atoms with Crippen molar-refractivity contribution in [1.29, 1.82) is 0 Å². The molecule has 0 amide bonds. The number of aromatic amines is 1. The molecule has 0 aliphatic rings. The fourth-order valence-electron chi connectivity index (χ4n) is 1.68. The number of rotatable bonds is 2. The Morgan fingerprint density at radius 1 is 1.10 bits per heavy atom. The van der Waals surface area contributed by atoms with E-state index < -0.39 is 11.7 Å². The first kappa shape index (κ1) is 13.6. The van der Waals surface area contributed by atoms with Crippen LogP contribution in [0.2, 0.25) is 5.28 Å². The van der Waals surface area contributed by atoms with Gasteiger partial charge in [-0.05, 0) is 35.9 Å². The van der Waals surface area contributed by atoms with Gasteiger partial charge in [0.15, 0.2) is 5.65 Å². The normalized spacial score (nSPS) is 11.8. The summed E-state index contributed by atoms with van der Waals surface area (Å²) in [6.07, 6.45) is -3.01. The third kappa shape index (κ3) is 2.75. The van der Waals surface area contributed by atoms with Gasteiger partial charge in [-0.15, -0.1) is 0 Å². The van der Waals surface area contributed by atoms with Gasteiger partial charge in [0, 0.05) is 0 Å². The lowest BCUT2D eigenvalue weighted by Gasteiger charge is -2.08. The van der Waals surface area contributed by atoms with E-state index in [2.05, 4.69) is 19.9 Å². The Morgan fingerprint density at radius 3 is 2.48 bits per heavy atom. The molecule has 21 heavy (non-hydrogen) atoms. The van der Waals surface area contributed by atoms with Gasteiger partial charge < -0.3 is 9.72 Å². The van der Waals surface area contributed by atoms with Crippen molar-refractivity contribution < 1.29 is 17.9 Å². The fourth-order valence-corrected chi connectivity index (χ4v) is 1.84. The van der Waals surface area contributed by atoms with Crippen molar-refractivity contribution in [3.05, 3.63) is 41.4 Å². The largest absolute Gasteiger partial charge is 0.437 e. The standard InChI is InChI=1S/C12H6ClF3N4O/c13-11-19-9-8(17-5-18-9)10(20-11)21-7-3-1-6(2-4-7)12(14,15)16/h1-5H,(H,17,18,19,20). The minimum atomic E-state index is -4.40. The molecule has 0 saturated heterocycles. The minimum absolute atomic E-state index is 0.0727. The molecule has 1 N–H and O–H groups in total. The van der Waals surface area contributed by atoms with Crippen LogP contribution in [0.5, 0.6) is 11.6 Å². The lowest BCUT2D eigenvalue weighted by Crippen LogP contribution is -2.04. The molecule has 3 rings (SSSR count). The summed E-state index contributed by atoms with van der Waals surface area (Å²) in [5, 5.41) is -0.0727. The minimum Gasteiger partial charge on any atom is -0.437 e. The highest BCUT2D eigenvalue weighted by atomic mass is 35.5. The summed E-state index contributed by atoms with van der Waals surface area (Å²) in [4.78, 5) is 14.4. The van der Waals surface area contributed by atoms with Crippen LogP contribution < -0.4 is 4.74 Å². The molecule has 0 aliphatic carbocycles. The molecule has 2 aromatic heterocycles. The number of H-pyrrole nitrogens is 1. The van der Waals surface area contributed by atoms with Crippen LogP contribution in [-0.4, -0.2) is 19.9 Å². The van der Waals surface area contributed by atoms with E-state index in [1.807, 2.05) is 0 Å². The molecule has 2 heterocycles. The highest BCUT2D eigenvalue weighted by molar-refractivity contribution is 6.28. The van der Waals surface area contributed by atoms with Gasteiger partial charge in [0.05, 0.1) is 11.9 Å². The maximum atomic E-state index is 12.5. The van der Waals surface area contributed by atoms with Crippen molar-refractivity contribution in [2.75, 3.05) is 0 Å². The first-order chi connectivity index (χ1) is 9.93. The van der Waals surface area contributed by atoms with E-state index >= 15 is 0 Å². The highest BCUT2D eigenvalue weighted by Gasteiger charge is 2.30. The van der Waals surface area contributed by atoms with Gasteiger partial charge in [-0.2, -0.15) is 23.1 Å². The summed E-state index contributed by atoms with van der Waals surface area (Å²) in [5.74, 6) is 0.274. The number of fused-ring (bicyclic) bond motifs is 1. The van der Waals surface area contributed by atoms with E-state index in [1.54, 1.807) is 0 Å². The number of halogens is 4. The van der Waals surface area contributed by atoms with Crippen molar-refractivity contribution in [3.8, 4) is 11.6 Å². The summed E-state index contributed by atoms with van der Waals surface area (Å²) >= 11 is 5.73. The number of alkyl halides is 3. The van der Waals surface area contributed by atoms with E-state index in [0.29, 0.717) is 11.2 Å². The molecule has 108 valence electrons. The van der Waals surface area contributed by atoms with Crippen LogP contribution in [0.4, 0.5) is 13.2 Å². The van der Waals surface area contributed by atoms with Crippen molar-refractivity contribution >= 4 is 22.8 Å². The predicted molar refractivity (Wildman–Crippen MR) is 68.2 cm³/mol. The lowest BCUT2D eigenvalue weighted by molar-refractivity contribution is -0.137. The average Bonchev–Trinajstić information content (AvgIpc) is 2.86. The van der Waals surface area contributed by atoms with E-state index in [-0.39, 0.29) is 16.9 Å². The first-order valence-electron chi connectivity index (χ1n) is 5.65. The Morgan fingerprint density at radius 2 is 1.81 bits per heavy atom. The second-order valence-electron chi connectivity index (χ2n) is 4.02. The summed E-state index contributed by atoms with van der Waals surface area (Å²) in [7, 11) is 0. The molecule has 9 heteroatoms. The number of ether oxygens (including phenoxy) is 1. The summed E-state index contributed by atoms with van der Waals surface area (Å²) in [5.41, 5.74) is -0.0570. The maximum Gasteiger partial charge on any atom is 0.416 e. The number of aromatic nitrogens is 4. The molecule has 0 fully saturated rings. The number of imidazole rings is 1. The van der Waals surface area contributed by atoms with Gasteiger partial charge in [0.1, 0.15) is 11.3 Å². The molecular weight excluding hydrogens is 309 g/mol. The molecular formula is C12H6ClF3N4O. The van der Waals surface area contributed by atoms with Gasteiger partial charge in [-0.1, -0.05) is 0 Å². The maximum absolute atomic E-state index is 12.5. The van der Waals surface area contributed by atoms with Crippen LogP contribution in [0.1, 0.15) is 5.56 Å². The van der Waals surface area contributed by atoms with Crippen LogP contribution in [0.3, 0.4) is 0 Å². The molecule has 0 saturated carbocycles. The van der Waals surface area contributed by atoms with Crippen LogP contribution in [-0.2, 0) is 6.18 Å². The number of hydrogen-bond acceptors (Lipinski definition) is 4. The second kappa shape index (κ2) is 4.88. The predicted octanol–water partition coefficient (Wildman–Crippen LogP) is 3.82. The number of hydrogen-bond donors (Lipinski definition) is 1. The molecule has 0 atom stereocenters. The van der Waals surface area contributed by atoms with Crippen LogP contribution >= 0.6 is 11.6 Å². The van der Waals surface area contributed by atoms with Crippen molar-refractivity contribution in [3.63, 3.8) is 0 Å². The zero-order valence-electron chi connectivity index (χ0n) is 10.1. The van der Waals surface area contributed by atoms with Crippen molar-refractivity contribution in [2.24, 2.45) is 0 Å². The van der Waals surface area contributed by atoms with E-state index in [1.165, 1.54) is 18.5 Å². The summed E-state index contributed by atoms with van der Waals surface area (Å²) < 4.78 is 42.8. The molecule has 0 spiro atoms. The molecule has 1 aromatic carbocycles. The zero-order chi connectivity index (χ0) is 15.0. The Hall–Kier alpha value is -2.35. The van der Waals surface area contributed by atoms with Gasteiger partial charge in [-0.3, -0.25) is 0 Å². The van der Waals surface area contributed by atoms with E-state index in [0.717, 1.165) is 12.1 Å². The summed E-state index contributed by atoms with van der Waals surface area (Å²) in [6, 6.07) is 4.23. The number of nitrogens with one attached hydrogen (secondary N) is 1. The van der Waals surface area contributed by atoms with Crippen LogP contribution in [0, 0.1) is 0 Å². The Bertz CT molecular complexity index is 785. The lowest BCUT2D eigenvalue weighted by atomic mass is 10.2. The SMILES string of the molecule is FC(F)(F)c1ccc(Oc2nc(Cl)nc3nc[nH]c23)cc1. The molecule has 0 radical (unpaired) electrons. The Balaban J connectivity index is 1.93. The highest BCUT2D eigenvalue weighted by Crippen LogP contribution is 2.32. The van der Waals surface area contributed by atoms with Crippen LogP contribution in [0.15, 0.2) is 30.6 Å². The first-order valence-corrected chi connectivity index (χ1v) is 6.03. The smallest absolute Gasteiger partial charge is 0.416 e. The fraction of sp³-hybridized carbons (Fsp3) is 0.0833. The van der Waals surface area contributed by atoms with Gasteiger partial charge in [0.25, 0.3) is 0 Å². The molecule has 0 aliphatic heterocycles. The molecule has 3 aromatic rings. The second-order valence-corrected chi connectivity index (χ2v) is 4.36. The Labute approximate surface area is 120 Å². The zero-order valence-corrected chi connectivity index (χ0v) is 10.9. The Kier molecular flexibility index (Phi) is 3.17. The van der Waals surface area contributed by atoms with Gasteiger partial charge in [-0.25, -0.2) is 4.98 Å². The van der Waals surface area contributed by atoms with E-state index in [9.17, 15) is 13.2 Å². The third-order valence-corrected chi connectivity index (χ3v) is 2.79. The average molecular weight is 315 g/mol. The molecule has 5 nitrogen and oxygen atoms in total. The monoisotopic (exact) mass is 314 g/mol. The number of benzene rings is 1. The third-order valence-electron chi connectivity index (χ3n) is 2.62. The van der Waals surface area contributed by atoms with Crippen molar-refractivity contribution in [2.45, 2.75) is 6.18 Å². The van der Waals surface area contributed by atoms with Crippen molar-refractivity contribution in [1.82, 2.24) is 19.9 Å².